The summed E-state index contributed by atoms with van der Waals surface area (Å²) in [6.45, 7) is 5.33. The molecule has 0 saturated carbocycles. The van der Waals surface area contributed by atoms with Gasteiger partial charge >= 0.3 is 0 Å². The van der Waals surface area contributed by atoms with Gasteiger partial charge in [0.25, 0.3) is 0 Å². The van der Waals surface area contributed by atoms with E-state index in [2.05, 4.69) is 86.7 Å². The quantitative estimate of drug-likeness (QED) is 0.873. The fraction of sp³-hybridized carbons (Fsp3) is 0.333. The minimum absolute atomic E-state index is 0.305. The first-order valence-corrected chi connectivity index (χ1v) is 7.12. The number of aryl methyl sites for hydroxylation is 1. The molecule has 106 valence electrons. The maximum Gasteiger partial charge on any atom is 0.0488 e. The molecule has 0 saturated heterocycles. The first-order chi connectivity index (χ1) is 9.58. The third-order valence-electron chi connectivity index (χ3n) is 3.53. The van der Waals surface area contributed by atoms with Gasteiger partial charge in [0.15, 0.2) is 0 Å². The SMILES string of the molecule is Cc1ccccc1C(C)Nc1ccccc1CN(C)C. The van der Waals surface area contributed by atoms with E-state index in [1.807, 2.05) is 0 Å². The van der Waals surface area contributed by atoms with E-state index >= 15 is 0 Å². The molecule has 0 spiro atoms. The van der Waals surface area contributed by atoms with Gasteiger partial charge in [0, 0.05) is 18.3 Å². The molecule has 2 rings (SSSR count). The molecule has 2 nitrogen and oxygen atoms in total. The van der Waals surface area contributed by atoms with Crippen LogP contribution in [-0.4, -0.2) is 19.0 Å². The van der Waals surface area contributed by atoms with E-state index in [1.165, 1.54) is 22.4 Å². The summed E-state index contributed by atoms with van der Waals surface area (Å²) in [6.07, 6.45) is 0. The van der Waals surface area contributed by atoms with Crippen LogP contribution in [0.4, 0.5) is 5.69 Å². The highest BCUT2D eigenvalue weighted by molar-refractivity contribution is 5.53. The summed E-state index contributed by atoms with van der Waals surface area (Å²) in [6, 6.07) is 17.4. The smallest absolute Gasteiger partial charge is 0.0488 e. The third kappa shape index (κ3) is 3.61. The number of nitrogens with zero attached hydrogens (tertiary/aromatic N) is 1. The Labute approximate surface area is 122 Å². The van der Waals surface area contributed by atoms with Crippen LogP contribution in [-0.2, 0) is 6.54 Å². The van der Waals surface area contributed by atoms with Gasteiger partial charge in [-0.2, -0.15) is 0 Å². The number of anilines is 1. The molecule has 0 aromatic heterocycles. The Hall–Kier alpha value is -1.80. The molecule has 2 aromatic rings. The fourth-order valence-electron chi connectivity index (χ4n) is 2.52. The fourth-order valence-corrected chi connectivity index (χ4v) is 2.52. The third-order valence-corrected chi connectivity index (χ3v) is 3.53. The molecule has 0 radical (unpaired) electrons. The van der Waals surface area contributed by atoms with Gasteiger partial charge in [-0.1, -0.05) is 42.5 Å². The second kappa shape index (κ2) is 6.58. The zero-order chi connectivity index (χ0) is 14.5. The normalized spacial score (nSPS) is 12.4. The molecular weight excluding hydrogens is 244 g/mol. The lowest BCUT2D eigenvalue weighted by Gasteiger charge is -2.21. The topological polar surface area (TPSA) is 15.3 Å². The number of hydrogen-bond acceptors (Lipinski definition) is 2. The Morgan fingerprint density at radius 3 is 2.35 bits per heavy atom. The van der Waals surface area contributed by atoms with Crippen LogP contribution in [0.15, 0.2) is 48.5 Å². The van der Waals surface area contributed by atoms with Crippen molar-refractivity contribution in [2.24, 2.45) is 0 Å². The van der Waals surface area contributed by atoms with Crippen LogP contribution in [0.1, 0.15) is 29.7 Å². The highest BCUT2D eigenvalue weighted by Crippen LogP contribution is 2.24. The highest BCUT2D eigenvalue weighted by atomic mass is 15.1. The number of benzene rings is 2. The number of rotatable bonds is 5. The minimum Gasteiger partial charge on any atom is -0.378 e. The Morgan fingerprint density at radius 1 is 1.00 bits per heavy atom. The Balaban J connectivity index is 2.20. The molecule has 0 aliphatic heterocycles. The lowest BCUT2D eigenvalue weighted by molar-refractivity contribution is 0.403. The summed E-state index contributed by atoms with van der Waals surface area (Å²) in [5.74, 6) is 0. The van der Waals surface area contributed by atoms with Gasteiger partial charge in [-0.3, -0.25) is 0 Å². The van der Waals surface area contributed by atoms with Crippen LogP contribution in [0.5, 0.6) is 0 Å². The van der Waals surface area contributed by atoms with E-state index in [-0.39, 0.29) is 0 Å². The number of hydrogen-bond donors (Lipinski definition) is 1. The van der Waals surface area contributed by atoms with Gasteiger partial charge in [0.1, 0.15) is 0 Å². The van der Waals surface area contributed by atoms with Crippen molar-refractivity contribution in [3.8, 4) is 0 Å². The molecule has 0 aliphatic carbocycles. The summed E-state index contributed by atoms with van der Waals surface area (Å²) in [4.78, 5) is 2.19. The summed E-state index contributed by atoms with van der Waals surface area (Å²) in [5.41, 5.74) is 5.24. The lowest BCUT2D eigenvalue weighted by Crippen LogP contribution is -2.14. The van der Waals surface area contributed by atoms with Crippen molar-refractivity contribution in [1.29, 1.82) is 0 Å². The van der Waals surface area contributed by atoms with Gasteiger partial charge in [-0.25, -0.2) is 0 Å². The van der Waals surface area contributed by atoms with Crippen molar-refractivity contribution in [2.75, 3.05) is 19.4 Å². The molecule has 0 aliphatic rings. The van der Waals surface area contributed by atoms with E-state index < -0.39 is 0 Å². The zero-order valence-corrected chi connectivity index (χ0v) is 12.9. The van der Waals surface area contributed by atoms with Gasteiger partial charge in [-0.05, 0) is 50.7 Å². The van der Waals surface area contributed by atoms with Crippen LogP contribution in [0.2, 0.25) is 0 Å². The average Bonchev–Trinajstić information content (AvgIpc) is 2.41. The molecule has 0 heterocycles. The molecule has 0 bridgehead atoms. The van der Waals surface area contributed by atoms with E-state index in [0.717, 1.165) is 6.54 Å². The van der Waals surface area contributed by atoms with Gasteiger partial charge in [-0.15, -0.1) is 0 Å². The molecule has 1 N–H and O–H groups in total. The van der Waals surface area contributed by atoms with E-state index in [9.17, 15) is 0 Å². The monoisotopic (exact) mass is 268 g/mol. The molecule has 0 fully saturated rings. The van der Waals surface area contributed by atoms with Crippen molar-refractivity contribution >= 4 is 5.69 Å². The Morgan fingerprint density at radius 2 is 1.65 bits per heavy atom. The van der Waals surface area contributed by atoms with Crippen molar-refractivity contribution < 1.29 is 0 Å². The van der Waals surface area contributed by atoms with Crippen LogP contribution >= 0.6 is 0 Å². The molecule has 20 heavy (non-hydrogen) atoms. The van der Waals surface area contributed by atoms with Crippen LogP contribution < -0.4 is 5.32 Å². The summed E-state index contributed by atoms with van der Waals surface area (Å²) < 4.78 is 0. The van der Waals surface area contributed by atoms with E-state index in [4.69, 9.17) is 0 Å². The summed E-state index contributed by atoms with van der Waals surface area (Å²) >= 11 is 0. The van der Waals surface area contributed by atoms with E-state index in [1.54, 1.807) is 0 Å². The second-order valence-electron chi connectivity index (χ2n) is 5.62. The van der Waals surface area contributed by atoms with Crippen molar-refractivity contribution in [3.63, 3.8) is 0 Å². The van der Waals surface area contributed by atoms with Crippen LogP contribution in [0.25, 0.3) is 0 Å². The van der Waals surface area contributed by atoms with Gasteiger partial charge in [0.05, 0.1) is 0 Å². The van der Waals surface area contributed by atoms with Gasteiger partial charge in [0.2, 0.25) is 0 Å². The summed E-state index contributed by atoms with van der Waals surface area (Å²) in [5, 5.41) is 3.65. The lowest BCUT2D eigenvalue weighted by atomic mass is 10.0. The molecule has 0 amide bonds. The first kappa shape index (κ1) is 14.6. The first-order valence-electron chi connectivity index (χ1n) is 7.12. The van der Waals surface area contributed by atoms with Crippen LogP contribution in [0.3, 0.4) is 0 Å². The largest absolute Gasteiger partial charge is 0.378 e. The van der Waals surface area contributed by atoms with E-state index in [0.29, 0.717) is 6.04 Å². The molecule has 1 atom stereocenters. The Kier molecular flexibility index (Phi) is 4.80. The predicted octanol–water partition coefficient (Wildman–Crippen LogP) is 4.23. The summed E-state index contributed by atoms with van der Waals surface area (Å²) in [7, 11) is 4.20. The highest BCUT2D eigenvalue weighted by Gasteiger charge is 2.10. The van der Waals surface area contributed by atoms with Gasteiger partial charge < -0.3 is 10.2 Å². The maximum atomic E-state index is 3.65. The molecule has 2 aromatic carbocycles. The number of nitrogens with one attached hydrogen (secondary N) is 1. The zero-order valence-electron chi connectivity index (χ0n) is 12.9. The standard InChI is InChI=1S/C18H24N2/c1-14-9-5-7-11-17(14)15(2)19-18-12-8-6-10-16(18)13-20(3)4/h5-12,15,19H,13H2,1-4H3. The molecular formula is C18H24N2. The predicted molar refractivity (Wildman–Crippen MR) is 87.0 cm³/mol. The van der Waals surface area contributed by atoms with Crippen LogP contribution in [0, 0.1) is 6.92 Å². The molecule has 2 heteroatoms. The Bertz CT molecular complexity index is 561. The second-order valence-corrected chi connectivity index (χ2v) is 5.62. The number of para-hydroxylation sites is 1. The molecule has 1 unspecified atom stereocenters. The van der Waals surface area contributed by atoms with Crippen molar-refractivity contribution in [1.82, 2.24) is 4.90 Å². The minimum atomic E-state index is 0.305. The van der Waals surface area contributed by atoms with Crippen molar-refractivity contribution in [3.05, 3.63) is 65.2 Å². The average molecular weight is 268 g/mol. The van der Waals surface area contributed by atoms with Crippen molar-refractivity contribution in [2.45, 2.75) is 26.4 Å². The maximum absolute atomic E-state index is 3.65.